The lowest BCUT2D eigenvalue weighted by Crippen LogP contribution is -2.31. The maximum atomic E-state index is 4.56. The Morgan fingerprint density at radius 3 is 2.67 bits per heavy atom. The first-order valence-corrected chi connectivity index (χ1v) is 7.90. The van der Waals surface area contributed by atoms with Crippen molar-refractivity contribution in [2.45, 2.75) is 52.0 Å². The van der Waals surface area contributed by atoms with E-state index in [1.54, 1.807) is 0 Å². The van der Waals surface area contributed by atoms with E-state index < -0.39 is 0 Å². The molecule has 1 saturated carbocycles. The summed E-state index contributed by atoms with van der Waals surface area (Å²) in [4.78, 5) is 0. The highest BCUT2D eigenvalue weighted by Gasteiger charge is 2.30. The fraction of sp³-hybridized carbons (Fsp3) is 0.786. The maximum absolute atomic E-state index is 4.56. The molecule has 1 fully saturated rings. The Labute approximate surface area is 118 Å². The van der Waals surface area contributed by atoms with E-state index in [0.717, 1.165) is 25.3 Å². The van der Waals surface area contributed by atoms with Gasteiger partial charge >= 0.3 is 0 Å². The normalized spacial score (nSPS) is 17.1. The highest BCUT2D eigenvalue weighted by molar-refractivity contribution is 9.10. The van der Waals surface area contributed by atoms with Crippen molar-refractivity contribution >= 4 is 15.9 Å². The molecular formula is C14H24BrN3. The van der Waals surface area contributed by atoms with Gasteiger partial charge in [-0.25, -0.2) is 0 Å². The molecular weight excluding hydrogens is 290 g/mol. The predicted octanol–water partition coefficient (Wildman–Crippen LogP) is 3.07. The summed E-state index contributed by atoms with van der Waals surface area (Å²) in [7, 11) is 2.05. The molecule has 1 unspecified atom stereocenters. The van der Waals surface area contributed by atoms with E-state index in [1.165, 1.54) is 35.1 Å². The standard InChI is InChI=1S/C14H24BrN3/c1-4-11-14(15)13(18(3)17-11)9-8-12(16-5-2)10-6-7-10/h10,12,16H,4-9H2,1-3H3. The van der Waals surface area contributed by atoms with Crippen LogP contribution in [-0.4, -0.2) is 22.4 Å². The number of rotatable bonds is 7. The summed E-state index contributed by atoms with van der Waals surface area (Å²) in [6.45, 7) is 5.43. The Morgan fingerprint density at radius 2 is 2.17 bits per heavy atom. The molecule has 18 heavy (non-hydrogen) atoms. The monoisotopic (exact) mass is 313 g/mol. The van der Waals surface area contributed by atoms with E-state index in [1.807, 2.05) is 4.68 Å². The number of hydrogen-bond acceptors (Lipinski definition) is 2. The minimum atomic E-state index is 0.696. The van der Waals surface area contributed by atoms with Crippen molar-refractivity contribution in [2.75, 3.05) is 6.54 Å². The van der Waals surface area contributed by atoms with Crippen LogP contribution in [0.4, 0.5) is 0 Å². The molecule has 1 N–H and O–H groups in total. The van der Waals surface area contributed by atoms with Crippen molar-refractivity contribution in [2.24, 2.45) is 13.0 Å². The van der Waals surface area contributed by atoms with Crippen molar-refractivity contribution in [1.82, 2.24) is 15.1 Å². The fourth-order valence-corrected chi connectivity index (χ4v) is 3.46. The van der Waals surface area contributed by atoms with E-state index in [-0.39, 0.29) is 0 Å². The van der Waals surface area contributed by atoms with Crippen molar-refractivity contribution in [3.8, 4) is 0 Å². The Hall–Kier alpha value is -0.350. The van der Waals surface area contributed by atoms with Crippen LogP contribution in [0.2, 0.25) is 0 Å². The van der Waals surface area contributed by atoms with Crippen LogP contribution in [0.25, 0.3) is 0 Å². The fourth-order valence-electron chi connectivity index (χ4n) is 2.65. The smallest absolute Gasteiger partial charge is 0.0766 e. The van der Waals surface area contributed by atoms with Gasteiger partial charge < -0.3 is 5.32 Å². The van der Waals surface area contributed by atoms with Crippen LogP contribution in [0.15, 0.2) is 4.47 Å². The van der Waals surface area contributed by atoms with Crippen molar-refractivity contribution in [1.29, 1.82) is 0 Å². The molecule has 1 aliphatic rings. The third-order valence-corrected chi connectivity index (χ3v) is 4.77. The predicted molar refractivity (Wildman–Crippen MR) is 78.8 cm³/mol. The molecule has 0 bridgehead atoms. The molecule has 102 valence electrons. The molecule has 0 radical (unpaired) electrons. The molecule has 0 saturated heterocycles. The van der Waals surface area contributed by atoms with Crippen LogP contribution in [0.5, 0.6) is 0 Å². The number of aryl methyl sites for hydroxylation is 2. The van der Waals surface area contributed by atoms with Crippen molar-refractivity contribution in [3.05, 3.63) is 15.9 Å². The lowest BCUT2D eigenvalue weighted by atomic mass is 10.0. The van der Waals surface area contributed by atoms with E-state index >= 15 is 0 Å². The van der Waals surface area contributed by atoms with Gasteiger partial charge in [0.2, 0.25) is 0 Å². The molecule has 1 atom stereocenters. The van der Waals surface area contributed by atoms with Crippen molar-refractivity contribution < 1.29 is 0 Å². The van der Waals surface area contributed by atoms with E-state index in [2.05, 4.69) is 47.2 Å². The topological polar surface area (TPSA) is 29.9 Å². The summed E-state index contributed by atoms with van der Waals surface area (Å²) in [6.07, 6.45) is 6.14. The summed E-state index contributed by atoms with van der Waals surface area (Å²) in [6, 6.07) is 0.696. The summed E-state index contributed by atoms with van der Waals surface area (Å²) in [5.41, 5.74) is 2.52. The maximum Gasteiger partial charge on any atom is 0.0766 e. The van der Waals surface area contributed by atoms with E-state index in [9.17, 15) is 0 Å². The summed E-state index contributed by atoms with van der Waals surface area (Å²) < 4.78 is 3.26. The minimum Gasteiger partial charge on any atom is -0.314 e. The summed E-state index contributed by atoms with van der Waals surface area (Å²) in [5.74, 6) is 0.919. The SMILES string of the molecule is CCNC(CCc1c(Br)c(CC)nn1C)C1CC1. The van der Waals surface area contributed by atoms with Gasteiger partial charge in [-0.05, 0) is 60.5 Å². The van der Waals surface area contributed by atoms with Gasteiger partial charge in [0.25, 0.3) is 0 Å². The van der Waals surface area contributed by atoms with Gasteiger partial charge in [-0.15, -0.1) is 0 Å². The van der Waals surface area contributed by atoms with Gasteiger partial charge in [-0.1, -0.05) is 13.8 Å². The van der Waals surface area contributed by atoms with Crippen LogP contribution in [0.3, 0.4) is 0 Å². The Bertz CT molecular complexity index is 396. The summed E-state index contributed by atoms with van der Waals surface area (Å²) >= 11 is 3.70. The van der Waals surface area contributed by atoms with Gasteiger partial charge in [-0.2, -0.15) is 5.10 Å². The zero-order chi connectivity index (χ0) is 13.1. The lowest BCUT2D eigenvalue weighted by molar-refractivity contribution is 0.441. The lowest BCUT2D eigenvalue weighted by Gasteiger charge is -2.17. The second-order valence-electron chi connectivity index (χ2n) is 5.22. The molecule has 0 aliphatic heterocycles. The Kier molecular flexibility index (Phi) is 4.84. The first kappa shape index (κ1) is 14.1. The van der Waals surface area contributed by atoms with Crippen LogP contribution in [0.1, 0.15) is 44.5 Å². The second-order valence-corrected chi connectivity index (χ2v) is 6.02. The highest BCUT2D eigenvalue weighted by Crippen LogP contribution is 2.35. The van der Waals surface area contributed by atoms with Gasteiger partial charge in [-0.3, -0.25) is 4.68 Å². The summed E-state index contributed by atoms with van der Waals surface area (Å²) in [5, 5.41) is 8.19. The number of hydrogen-bond donors (Lipinski definition) is 1. The number of nitrogens with one attached hydrogen (secondary N) is 1. The van der Waals surface area contributed by atoms with Gasteiger partial charge in [0, 0.05) is 13.1 Å². The minimum absolute atomic E-state index is 0.696. The number of halogens is 1. The molecule has 0 spiro atoms. The Morgan fingerprint density at radius 1 is 1.44 bits per heavy atom. The second kappa shape index (κ2) is 6.20. The largest absolute Gasteiger partial charge is 0.314 e. The molecule has 0 amide bonds. The quantitative estimate of drug-likeness (QED) is 0.838. The molecule has 1 aromatic heterocycles. The zero-order valence-electron chi connectivity index (χ0n) is 11.7. The average Bonchev–Trinajstić information content (AvgIpc) is 3.14. The third-order valence-electron chi connectivity index (χ3n) is 3.85. The molecule has 1 heterocycles. The highest BCUT2D eigenvalue weighted by atomic mass is 79.9. The third kappa shape index (κ3) is 3.15. The molecule has 1 aliphatic carbocycles. The zero-order valence-corrected chi connectivity index (χ0v) is 13.3. The van der Waals surface area contributed by atoms with Gasteiger partial charge in [0.05, 0.1) is 15.9 Å². The van der Waals surface area contributed by atoms with E-state index in [4.69, 9.17) is 0 Å². The molecule has 3 nitrogen and oxygen atoms in total. The number of nitrogens with zero attached hydrogens (tertiary/aromatic N) is 2. The first-order chi connectivity index (χ1) is 8.67. The molecule has 0 aromatic carbocycles. The van der Waals surface area contributed by atoms with Crippen LogP contribution >= 0.6 is 15.9 Å². The van der Waals surface area contributed by atoms with Crippen LogP contribution in [-0.2, 0) is 19.9 Å². The first-order valence-electron chi connectivity index (χ1n) is 7.11. The van der Waals surface area contributed by atoms with Gasteiger partial charge in [0.15, 0.2) is 0 Å². The molecule has 1 aromatic rings. The van der Waals surface area contributed by atoms with Gasteiger partial charge in [0.1, 0.15) is 0 Å². The molecule has 4 heteroatoms. The van der Waals surface area contributed by atoms with Crippen LogP contribution < -0.4 is 5.32 Å². The van der Waals surface area contributed by atoms with Crippen LogP contribution in [0, 0.1) is 5.92 Å². The number of aromatic nitrogens is 2. The average molecular weight is 314 g/mol. The van der Waals surface area contributed by atoms with Crippen molar-refractivity contribution in [3.63, 3.8) is 0 Å². The van der Waals surface area contributed by atoms with E-state index in [0.29, 0.717) is 6.04 Å². The Balaban J connectivity index is 1.98. The molecule has 2 rings (SSSR count).